The quantitative estimate of drug-likeness (QED) is 0.854. The molecule has 0 saturated heterocycles. The largest absolute Gasteiger partial charge is 0.306 e. The van der Waals surface area contributed by atoms with Gasteiger partial charge in [-0.15, -0.1) is 0 Å². The first-order valence-corrected chi connectivity index (χ1v) is 7.21. The summed E-state index contributed by atoms with van der Waals surface area (Å²) < 4.78 is 19.6. The van der Waals surface area contributed by atoms with Crippen molar-refractivity contribution in [1.29, 1.82) is 0 Å². The van der Waals surface area contributed by atoms with Gasteiger partial charge in [0.2, 0.25) is 0 Å². The fourth-order valence-electron chi connectivity index (χ4n) is 1.62. The van der Waals surface area contributed by atoms with E-state index in [-0.39, 0.29) is 5.75 Å². The molecule has 94 valence electrons. The first-order chi connectivity index (χ1) is 8.56. The van der Waals surface area contributed by atoms with Crippen LogP contribution in [0.2, 0.25) is 10.0 Å². The molecule has 5 heteroatoms. The maximum atomic E-state index is 10.8. The summed E-state index contributed by atoms with van der Waals surface area (Å²) in [5, 5.41) is 1.17. The molecule has 0 amide bonds. The number of benzene rings is 2. The minimum absolute atomic E-state index is 0.0414. The highest BCUT2D eigenvalue weighted by Crippen LogP contribution is 2.27. The smallest absolute Gasteiger partial charge is 0.157 e. The van der Waals surface area contributed by atoms with Gasteiger partial charge in [-0.3, -0.25) is 0 Å². The zero-order valence-electron chi connectivity index (χ0n) is 9.27. The number of hydrogen-bond acceptors (Lipinski definition) is 1. The van der Waals surface area contributed by atoms with Gasteiger partial charge in [0.05, 0.1) is 5.75 Å². The van der Waals surface area contributed by atoms with Crippen LogP contribution in [0.1, 0.15) is 5.56 Å². The Balaban J connectivity index is 2.33. The molecule has 0 aliphatic carbocycles. The second-order valence-electron chi connectivity index (χ2n) is 3.78. The van der Waals surface area contributed by atoms with Crippen LogP contribution in [-0.4, -0.2) is 8.76 Å². The van der Waals surface area contributed by atoms with Crippen LogP contribution in [0.15, 0.2) is 42.5 Å². The molecule has 18 heavy (non-hydrogen) atoms. The lowest BCUT2D eigenvalue weighted by atomic mass is 10.0. The number of halogens is 2. The molecule has 2 rings (SSSR count). The van der Waals surface area contributed by atoms with E-state index in [1.165, 1.54) is 0 Å². The lowest BCUT2D eigenvalue weighted by Gasteiger charge is -2.06. The van der Waals surface area contributed by atoms with Crippen LogP contribution in [0.25, 0.3) is 11.1 Å². The average molecular weight is 301 g/mol. The normalized spacial score (nSPS) is 12.4. The van der Waals surface area contributed by atoms with E-state index in [9.17, 15) is 4.21 Å². The summed E-state index contributed by atoms with van der Waals surface area (Å²) in [5.41, 5.74) is 2.61. The van der Waals surface area contributed by atoms with Crippen LogP contribution in [0.3, 0.4) is 0 Å². The molecule has 0 fully saturated rings. The summed E-state index contributed by atoms with van der Waals surface area (Å²) in [6, 6.07) is 12.8. The summed E-state index contributed by atoms with van der Waals surface area (Å²) in [6.45, 7) is 0. The van der Waals surface area contributed by atoms with Crippen molar-refractivity contribution in [3.05, 3.63) is 58.1 Å². The number of rotatable bonds is 3. The topological polar surface area (TPSA) is 37.3 Å². The maximum Gasteiger partial charge on any atom is 0.157 e. The fourth-order valence-corrected chi connectivity index (χ4v) is 2.59. The van der Waals surface area contributed by atoms with Crippen molar-refractivity contribution in [2.24, 2.45) is 0 Å². The zero-order chi connectivity index (χ0) is 13.1. The molecule has 0 saturated carbocycles. The van der Waals surface area contributed by atoms with Gasteiger partial charge in [0.15, 0.2) is 11.1 Å². The molecule has 2 aromatic rings. The Kier molecular flexibility index (Phi) is 4.40. The summed E-state index contributed by atoms with van der Waals surface area (Å²) in [5.74, 6) is 0.0414. The van der Waals surface area contributed by atoms with Crippen molar-refractivity contribution < 1.29 is 8.76 Å². The van der Waals surface area contributed by atoms with Crippen LogP contribution in [0.4, 0.5) is 0 Å². The Hall–Kier alpha value is -0.870. The molecule has 1 N–H and O–H groups in total. The third kappa shape index (κ3) is 3.33. The van der Waals surface area contributed by atoms with Gasteiger partial charge < -0.3 is 4.55 Å². The predicted molar refractivity (Wildman–Crippen MR) is 76.4 cm³/mol. The van der Waals surface area contributed by atoms with Crippen molar-refractivity contribution in [3.8, 4) is 11.1 Å². The lowest BCUT2D eigenvalue weighted by Crippen LogP contribution is -1.94. The highest BCUT2D eigenvalue weighted by atomic mass is 35.5. The average Bonchev–Trinajstić information content (AvgIpc) is 2.32. The maximum absolute atomic E-state index is 10.8. The fraction of sp³-hybridized carbons (Fsp3) is 0.0769. The van der Waals surface area contributed by atoms with Crippen LogP contribution in [0, 0.1) is 0 Å². The standard InChI is InChI=1S/C13H10Cl2O2S/c14-12-5-3-9(4-6-12)10-1-2-11(8-18(16)17)13(15)7-10/h1-7H,8H2,(H,16,17). The van der Waals surface area contributed by atoms with E-state index in [1.807, 2.05) is 30.3 Å². The van der Waals surface area contributed by atoms with Crippen LogP contribution in [0.5, 0.6) is 0 Å². The Labute approximate surface area is 118 Å². The molecular formula is C13H10Cl2O2S. The van der Waals surface area contributed by atoms with E-state index in [4.69, 9.17) is 27.8 Å². The van der Waals surface area contributed by atoms with Gasteiger partial charge in [-0.2, -0.15) is 0 Å². The van der Waals surface area contributed by atoms with Crippen molar-refractivity contribution in [2.75, 3.05) is 0 Å². The Morgan fingerprint density at radius 2 is 1.61 bits per heavy atom. The second kappa shape index (κ2) is 5.85. The highest BCUT2D eigenvalue weighted by Gasteiger charge is 2.06. The Morgan fingerprint density at radius 3 is 2.17 bits per heavy atom. The Morgan fingerprint density at radius 1 is 1.00 bits per heavy atom. The van der Waals surface area contributed by atoms with Gasteiger partial charge in [0, 0.05) is 10.0 Å². The minimum atomic E-state index is -1.88. The molecule has 0 heterocycles. The molecule has 1 unspecified atom stereocenters. The zero-order valence-corrected chi connectivity index (χ0v) is 11.6. The molecule has 1 atom stereocenters. The number of hydrogen-bond donors (Lipinski definition) is 1. The molecule has 2 nitrogen and oxygen atoms in total. The van der Waals surface area contributed by atoms with Crippen LogP contribution >= 0.6 is 23.2 Å². The van der Waals surface area contributed by atoms with Crippen molar-refractivity contribution in [3.63, 3.8) is 0 Å². The molecule has 0 radical (unpaired) electrons. The van der Waals surface area contributed by atoms with Crippen LogP contribution in [-0.2, 0) is 16.8 Å². The summed E-state index contributed by atoms with van der Waals surface area (Å²) in [4.78, 5) is 0. The SMILES string of the molecule is O=S(O)Cc1ccc(-c2ccc(Cl)cc2)cc1Cl. The first kappa shape index (κ1) is 13.6. The van der Waals surface area contributed by atoms with Crippen LogP contribution < -0.4 is 0 Å². The second-order valence-corrected chi connectivity index (χ2v) is 5.55. The first-order valence-electron chi connectivity index (χ1n) is 5.18. The van der Waals surface area contributed by atoms with Gasteiger partial charge >= 0.3 is 0 Å². The summed E-state index contributed by atoms with van der Waals surface area (Å²) in [7, 11) is 0. The lowest BCUT2D eigenvalue weighted by molar-refractivity contribution is 0.563. The van der Waals surface area contributed by atoms with Gasteiger partial charge in [0.1, 0.15) is 0 Å². The van der Waals surface area contributed by atoms with E-state index in [2.05, 4.69) is 0 Å². The molecule has 0 bridgehead atoms. The van der Waals surface area contributed by atoms with Crippen molar-refractivity contribution in [2.45, 2.75) is 5.75 Å². The van der Waals surface area contributed by atoms with E-state index in [0.717, 1.165) is 11.1 Å². The molecule has 0 aliphatic rings. The van der Waals surface area contributed by atoms with Crippen molar-refractivity contribution in [1.82, 2.24) is 0 Å². The van der Waals surface area contributed by atoms with Gasteiger partial charge in [-0.1, -0.05) is 47.5 Å². The highest BCUT2D eigenvalue weighted by molar-refractivity contribution is 7.78. The summed E-state index contributed by atoms with van der Waals surface area (Å²) >= 11 is 10.0. The third-order valence-electron chi connectivity index (χ3n) is 2.51. The minimum Gasteiger partial charge on any atom is -0.306 e. The third-order valence-corrected chi connectivity index (χ3v) is 3.67. The molecule has 0 aromatic heterocycles. The van der Waals surface area contributed by atoms with E-state index in [1.54, 1.807) is 12.1 Å². The van der Waals surface area contributed by atoms with Crippen molar-refractivity contribution >= 4 is 34.3 Å². The van der Waals surface area contributed by atoms with E-state index >= 15 is 0 Å². The summed E-state index contributed by atoms with van der Waals surface area (Å²) in [6.07, 6.45) is 0. The predicted octanol–water partition coefficient (Wildman–Crippen LogP) is 4.38. The van der Waals surface area contributed by atoms with E-state index in [0.29, 0.717) is 15.6 Å². The molecule has 0 spiro atoms. The van der Waals surface area contributed by atoms with Gasteiger partial charge in [0.25, 0.3) is 0 Å². The molecule has 0 aliphatic heterocycles. The monoisotopic (exact) mass is 300 g/mol. The van der Waals surface area contributed by atoms with Gasteiger partial charge in [-0.25, -0.2) is 4.21 Å². The Bertz CT molecular complexity index is 582. The molecular weight excluding hydrogens is 291 g/mol. The molecule has 2 aromatic carbocycles. The van der Waals surface area contributed by atoms with E-state index < -0.39 is 11.1 Å². The van der Waals surface area contributed by atoms with Gasteiger partial charge in [-0.05, 0) is 34.9 Å².